The van der Waals surface area contributed by atoms with Gasteiger partial charge in [-0.25, -0.2) is 9.13 Å². The Balaban J connectivity index is 2.26. The smallest absolute Gasteiger partial charge is 0.462 e. The molecule has 394 valence electrons. The number of fused-ring (bicyclic) bond motifs is 4. The molecule has 1 aliphatic carbocycles. The fourth-order valence-corrected chi connectivity index (χ4v) is 9.06. The highest BCUT2D eigenvalue weighted by Crippen LogP contribution is 2.49. The maximum Gasteiger partial charge on any atom is 0.472 e. The zero-order valence-electron chi connectivity index (χ0n) is 40.3. The van der Waals surface area contributed by atoms with Gasteiger partial charge in [-0.2, -0.15) is 0 Å². The number of ketones is 1. The van der Waals surface area contributed by atoms with Crippen LogP contribution in [0.2, 0.25) is 0 Å². The normalized spacial score (nSPS) is 29.9. The third kappa shape index (κ3) is 27.5. The Morgan fingerprint density at radius 2 is 1.49 bits per heavy atom. The van der Waals surface area contributed by atoms with Crippen molar-refractivity contribution in [1.82, 2.24) is 0 Å². The highest BCUT2D eigenvalue weighted by Gasteiger charge is 2.50. The van der Waals surface area contributed by atoms with E-state index in [2.05, 4.69) is 31.2 Å². The minimum Gasteiger partial charge on any atom is -0.462 e. The van der Waals surface area contributed by atoms with E-state index in [1.165, 1.54) is 50.7 Å². The molecule has 2 bridgehead atoms. The van der Waals surface area contributed by atoms with E-state index in [9.17, 15) is 63.7 Å². The number of esters is 2. The van der Waals surface area contributed by atoms with Crippen LogP contribution in [-0.2, 0) is 46.6 Å². The number of rotatable bonds is 25. The molecule has 1 heterocycles. The second-order valence-corrected chi connectivity index (χ2v) is 20.1. The Bertz CT molecular complexity index is 1760. The molecule has 2 aliphatic rings. The molecule has 0 spiro atoms. The molecule has 1 aliphatic heterocycles. The first-order valence-electron chi connectivity index (χ1n) is 24.5. The van der Waals surface area contributed by atoms with Crippen molar-refractivity contribution < 1.29 is 86.8 Å². The standard InChI is InChI=1S/C49H80O18P2/c1-3-5-7-8-9-10-11-12-13-14-15-16-17-18-19-20-25-29-42(52)63-35-39-36-64-69(61,62)67-49-47(57)46(56)44(54)37(27-24-21-22-26-30-43(53)65-39)31-34-41(51)40(33-32-38(50)28-23-6-4-2)45(55)48(49)66-68(58,59)60/h12-13,15-16,18-19,21,24,31-34,37-40,44-50,54-57H,3-11,14,17,20,22-23,25-30,35-36H2,1-2H3,(H,61,62)(H2,58,59,60)/b13-12-,16-15-,19-18-,24-21-,33-32+,34-31-/t37-,38-,39+,40-,44+,45+,46-,47+,48+,49-/m0/s1. The summed E-state index contributed by atoms with van der Waals surface area (Å²) in [6.45, 7) is 2.55. The molecule has 18 nitrogen and oxygen atoms in total. The van der Waals surface area contributed by atoms with E-state index >= 15 is 0 Å². The molecular formula is C49H80O18P2. The van der Waals surface area contributed by atoms with Crippen molar-refractivity contribution in [2.24, 2.45) is 11.8 Å². The van der Waals surface area contributed by atoms with Gasteiger partial charge in [0.15, 0.2) is 11.9 Å². The Morgan fingerprint density at radius 1 is 0.855 bits per heavy atom. The zero-order chi connectivity index (χ0) is 51.1. The topological polar surface area (TPSA) is 293 Å². The van der Waals surface area contributed by atoms with Crippen LogP contribution in [0.25, 0.3) is 0 Å². The van der Waals surface area contributed by atoms with Crippen molar-refractivity contribution in [1.29, 1.82) is 0 Å². The van der Waals surface area contributed by atoms with Crippen LogP contribution in [0.5, 0.6) is 0 Å². The first-order chi connectivity index (χ1) is 32.9. The van der Waals surface area contributed by atoms with E-state index in [0.29, 0.717) is 25.7 Å². The summed E-state index contributed by atoms with van der Waals surface area (Å²) in [4.78, 5) is 70.3. The number of unbranched alkanes of at least 4 members (excludes halogenated alkanes) is 9. The molecule has 0 radical (unpaired) electrons. The third-order valence-corrected chi connectivity index (χ3v) is 13.0. The summed E-state index contributed by atoms with van der Waals surface area (Å²) in [6, 6.07) is 0. The van der Waals surface area contributed by atoms with Crippen molar-refractivity contribution in [2.75, 3.05) is 13.2 Å². The molecule has 1 unspecified atom stereocenters. The molecule has 0 saturated heterocycles. The van der Waals surface area contributed by atoms with Gasteiger partial charge >= 0.3 is 27.6 Å². The quantitative estimate of drug-likeness (QED) is 0.0194. The zero-order valence-corrected chi connectivity index (χ0v) is 42.1. The third-order valence-electron chi connectivity index (χ3n) is 11.5. The number of phosphoric acid groups is 2. The van der Waals surface area contributed by atoms with Gasteiger partial charge in [-0.1, -0.05) is 132 Å². The number of cyclic esters (lactones) is 1. The van der Waals surface area contributed by atoms with Crippen LogP contribution < -0.4 is 0 Å². The average Bonchev–Trinajstić information content (AvgIpc) is 3.30. The van der Waals surface area contributed by atoms with E-state index in [1.807, 2.05) is 19.1 Å². The monoisotopic (exact) mass is 1020 g/mol. The molecule has 8 N–H and O–H groups in total. The molecule has 2 rings (SSSR count). The summed E-state index contributed by atoms with van der Waals surface area (Å²) >= 11 is 0. The predicted molar refractivity (Wildman–Crippen MR) is 259 cm³/mol. The Kier molecular flexibility index (Phi) is 31.8. The van der Waals surface area contributed by atoms with Crippen LogP contribution >= 0.6 is 15.6 Å². The molecule has 0 aromatic rings. The molecule has 0 aromatic carbocycles. The van der Waals surface area contributed by atoms with Gasteiger partial charge in [0, 0.05) is 18.8 Å². The van der Waals surface area contributed by atoms with Crippen molar-refractivity contribution in [2.45, 2.75) is 191 Å². The first kappa shape index (κ1) is 62.2. The van der Waals surface area contributed by atoms with E-state index in [1.54, 1.807) is 12.2 Å². The van der Waals surface area contributed by atoms with Gasteiger partial charge in [-0.3, -0.25) is 28.0 Å². The number of phosphoric ester groups is 2. The van der Waals surface area contributed by atoms with E-state index in [0.717, 1.165) is 44.3 Å². The molecular weight excluding hydrogens is 938 g/mol. The number of hydrogen-bond acceptors (Lipinski definition) is 15. The highest BCUT2D eigenvalue weighted by molar-refractivity contribution is 7.47. The van der Waals surface area contributed by atoms with Crippen LogP contribution in [-0.4, -0.2) is 120 Å². The van der Waals surface area contributed by atoms with Crippen LogP contribution in [0, 0.1) is 11.8 Å². The lowest BCUT2D eigenvalue weighted by Crippen LogP contribution is -2.56. The van der Waals surface area contributed by atoms with Crippen LogP contribution in [0.15, 0.2) is 72.9 Å². The van der Waals surface area contributed by atoms with Gasteiger partial charge in [0.25, 0.3) is 0 Å². The summed E-state index contributed by atoms with van der Waals surface area (Å²) in [5, 5.41) is 56.4. The van der Waals surface area contributed by atoms with Crippen LogP contribution in [0.3, 0.4) is 0 Å². The summed E-state index contributed by atoms with van der Waals surface area (Å²) in [5.74, 6) is -5.36. The average molecular weight is 1020 g/mol. The lowest BCUT2D eigenvalue weighted by atomic mass is 9.87. The Labute approximate surface area is 408 Å². The first-order valence-corrected chi connectivity index (χ1v) is 27.6. The molecule has 0 fully saturated rings. The van der Waals surface area contributed by atoms with Gasteiger partial charge in [0.1, 0.15) is 31.0 Å². The number of ether oxygens (including phenoxy) is 2. The van der Waals surface area contributed by atoms with Gasteiger partial charge in [-0.15, -0.1) is 0 Å². The lowest BCUT2D eigenvalue weighted by molar-refractivity contribution is -0.163. The number of aliphatic hydroxyl groups excluding tert-OH is 5. The van der Waals surface area contributed by atoms with Crippen LogP contribution in [0.1, 0.15) is 142 Å². The highest BCUT2D eigenvalue weighted by atomic mass is 31.2. The van der Waals surface area contributed by atoms with Crippen LogP contribution in [0.4, 0.5) is 0 Å². The SMILES string of the molecule is CCCCCCCC/C=C\C/C=C\C/C=C\CCCC(=O)OC[C@@H]1COP(=O)(O)O[C@H]2[C@H](O)[C@@H](O)[C@H](O)[C@H](/C=C\C(=O)[C@H](/C=C/[C@@H](O)CCCCC)[C@@H](O)[C@H]2OP(=O)(O)O)C/C=C\CCCC(=O)O1. The van der Waals surface area contributed by atoms with Crippen molar-refractivity contribution in [3.05, 3.63) is 72.9 Å². The minimum absolute atomic E-state index is 0.0110. The fraction of sp³-hybridized carbons (Fsp3) is 0.694. The number of carbonyl (C=O) groups excluding carboxylic acids is 3. The van der Waals surface area contributed by atoms with Gasteiger partial charge < -0.3 is 49.7 Å². The van der Waals surface area contributed by atoms with E-state index in [4.69, 9.17) is 23.0 Å². The van der Waals surface area contributed by atoms with Gasteiger partial charge in [0.2, 0.25) is 0 Å². The van der Waals surface area contributed by atoms with Crippen molar-refractivity contribution in [3.8, 4) is 0 Å². The van der Waals surface area contributed by atoms with E-state index < -0.39 is 107 Å². The second-order valence-electron chi connectivity index (χ2n) is 17.5. The van der Waals surface area contributed by atoms with Gasteiger partial charge in [0.05, 0.1) is 30.8 Å². The predicted octanol–water partition coefficient (Wildman–Crippen LogP) is 7.23. The maximum absolute atomic E-state index is 13.8. The Morgan fingerprint density at radius 3 is 2.17 bits per heavy atom. The lowest BCUT2D eigenvalue weighted by Gasteiger charge is -2.38. The number of allylic oxidation sites excluding steroid dienone is 9. The van der Waals surface area contributed by atoms with E-state index in [-0.39, 0.29) is 32.1 Å². The molecule has 11 atom stereocenters. The number of aliphatic hydroxyl groups is 5. The molecule has 0 saturated carbocycles. The maximum atomic E-state index is 13.8. The van der Waals surface area contributed by atoms with Gasteiger partial charge in [-0.05, 0) is 70.3 Å². The summed E-state index contributed by atoms with van der Waals surface area (Å²) in [5.41, 5.74) is 0. The molecule has 0 amide bonds. The number of carbonyl (C=O) groups is 3. The summed E-state index contributed by atoms with van der Waals surface area (Å²) < 4.78 is 52.0. The molecule has 0 aromatic heterocycles. The molecule has 69 heavy (non-hydrogen) atoms. The summed E-state index contributed by atoms with van der Waals surface area (Å²) in [6.07, 6.45) is 17.0. The van der Waals surface area contributed by atoms with Crippen molar-refractivity contribution >= 4 is 33.4 Å². The minimum atomic E-state index is -5.76. The second kappa shape index (κ2) is 35.2. The summed E-state index contributed by atoms with van der Waals surface area (Å²) in [7, 11) is -11.4. The van der Waals surface area contributed by atoms with Crippen molar-refractivity contribution in [3.63, 3.8) is 0 Å². The molecule has 20 heteroatoms. The number of hydrogen-bond donors (Lipinski definition) is 8. The fourth-order valence-electron chi connectivity index (χ4n) is 7.53. The Hall–Kier alpha value is -2.93. The largest absolute Gasteiger partial charge is 0.472 e.